The normalized spacial score (nSPS) is 21.3. The van der Waals surface area contributed by atoms with E-state index in [1.54, 1.807) is 0 Å². The highest BCUT2D eigenvalue weighted by Crippen LogP contribution is 2.40. The van der Waals surface area contributed by atoms with Crippen molar-refractivity contribution in [1.29, 1.82) is 0 Å². The summed E-state index contributed by atoms with van der Waals surface area (Å²) >= 11 is 0. The summed E-state index contributed by atoms with van der Waals surface area (Å²) < 4.78 is 12.0. The largest absolute Gasteiger partial charge is 0.485 e. The molecule has 5 heterocycles. The van der Waals surface area contributed by atoms with E-state index < -0.39 is 0 Å². The molecule has 1 spiro atoms. The SMILES string of the molecule is CC(C)c1noc(N2CCC3(CCc4cc(N5CCC(C=O)CC5)ncc4O3)CC2)n1. The molecule has 5 rings (SSSR count). The number of carbonyl (C=O) groups excluding carboxylic acids is 1. The number of aldehydes is 1. The highest BCUT2D eigenvalue weighted by atomic mass is 16.5. The van der Waals surface area contributed by atoms with E-state index >= 15 is 0 Å². The van der Waals surface area contributed by atoms with Crippen LogP contribution in [-0.2, 0) is 11.2 Å². The van der Waals surface area contributed by atoms with Crippen LogP contribution in [0.5, 0.6) is 5.75 Å². The molecule has 0 bridgehead atoms. The average molecular weight is 426 g/mol. The zero-order chi connectivity index (χ0) is 21.4. The van der Waals surface area contributed by atoms with Crippen molar-refractivity contribution in [2.24, 2.45) is 5.92 Å². The highest BCUT2D eigenvalue weighted by molar-refractivity contribution is 5.55. The van der Waals surface area contributed by atoms with E-state index in [0.717, 1.165) is 88.4 Å². The first kappa shape index (κ1) is 20.3. The Morgan fingerprint density at radius 2 is 1.90 bits per heavy atom. The summed E-state index contributed by atoms with van der Waals surface area (Å²) in [4.78, 5) is 24.7. The molecule has 0 unspecified atom stereocenters. The molecule has 2 aromatic rings. The summed E-state index contributed by atoms with van der Waals surface area (Å²) in [5, 5.41) is 4.09. The second-order valence-electron chi connectivity index (χ2n) is 9.47. The van der Waals surface area contributed by atoms with Crippen molar-refractivity contribution in [3.05, 3.63) is 23.7 Å². The van der Waals surface area contributed by atoms with Crippen LogP contribution < -0.4 is 14.5 Å². The van der Waals surface area contributed by atoms with Crippen molar-refractivity contribution in [3.8, 4) is 5.75 Å². The van der Waals surface area contributed by atoms with E-state index in [0.29, 0.717) is 6.01 Å². The standard InChI is InChI=1S/C23H31N5O3/c1-16(2)21-25-22(31-26-21)28-11-7-23(8-12-28)6-3-18-13-20(24-14-19(18)30-23)27-9-4-17(15-29)5-10-27/h13-17H,3-12H2,1-2H3. The molecule has 2 saturated heterocycles. The van der Waals surface area contributed by atoms with Gasteiger partial charge in [0.1, 0.15) is 23.5 Å². The molecule has 0 radical (unpaired) electrons. The number of piperidine rings is 2. The summed E-state index contributed by atoms with van der Waals surface area (Å²) in [7, 11) is 0. The lowest BCUT2D eigenvalue weighted by atomic mass is 9.83. The third-order valence-electron chi connectivity index (χ3n) is 7.06. The lowest BCUT2D eigenvalue weighted by molar-refractivity contribution is -0.111. The van der Waals surface area contributed by atoms with Crippen molar-refractivity contribution in [2.75, 3.05) is 36.0 Å². The molecular formula is C23H31N5O3. The zero-order valence-electron chi connectivity index (χ0n) is 18.4. The van der Waals surface area contributed by atoms with Crippen LogP contribution in [0.1, 0.15) is 63.3 Å². The number of ether oxygens (including phenoxy) is 1. The quantitative estimate of drug-likeness (QED) is 0.690. The number of rotatable bonds is 4. The zero-order valence-corrected chi connectivity index (χ0v) is 18.4. The van der Waals surface area contributed by atoms with Crippen molar-refractivity contribution < 1.29 is 14.1 Å². The van der Waals surface area contributed by atoms with Crippen molar-refractivity contribution in [3.63, 3.8) is 0 Å². The second kappa shape index (κ2) is 8.13. The summed E-state index contributed by atoms with van der Waals surface area (Å²) in [5.74, 6) is 3.16. The first-order chi connectivity index (χ1) is 15.0. The van der Waals surface area contributed by atoms with Crippen LogP contribution in [0.4, 0.5) is 11.8 Å². The minimum absolute atomic E-state index is 0.129. The van der Waals surface area contributed by atoms with Crippen LogP contribution in [0.3, 0.4) is 0 Å². The Bertz CT molecular complexity index is 927. The van der Waals surface area contributed by atoms with Crippen LogP contribution in [0.25, 0.3) is 0 Å². The Hall–Kier alpha value is -2.64. The van der Waals surface area contributed by atoms with E-state index in [1.165, 1.54) is 5.56 Å². The second-order valence-corrected chi connectivity index (χ2v) is 9.47. The maximum Gasteiger partial charge on any atom is 0.324 e. The highest BCUT2D eigenvalue weighted by Gasteiger charge is 2.40. The molecule has 3 aliphatic rings. The van der Waals surface area contributed by atoms with Gasteiger partial charge in [0.25, 0.3) is 0 Å². The molecule has 0 saturated carbocycles. The number of hydrogen-bond acceptors (Lipinski definition) is 8. The summed E-state index contributed by atoms with van der Waals surface area (Å²) in [6.45, 7) is 7.63. The third kappa shape index (κ3) is 4.00. The van der Waals surface area contributed by atoms with Gasteiger partial charge in [-0.3, -0.25) is 0 Å². The van der Waals surface area contributed by atoms with E-state index in [9.17, 15) is 4.79 Å². The van der Waals surface area contributed by atoms with Gasteiger partial charge in [0.15, 0.2) is 5.82 Å². The van der Waals surface area contributed by atoms with E-state index in [1.807, 2.05) is 6.20 Å². The molecule has 31 heavy (non-hydrogen) atoms. The number of aromatic nitrogens is 3. The third-order valence-corrected chi connectivity index (χ3v) is 7.06. The minimum Gasteiger partial charge on any atom is -0.485 e. The lowest BCUT2D eigenvalue weighted by Crippen LogP contribution is -2.50. The molecule has 166 valence electrons. The Morgan fingerprint density at radius 1 is 1.13 bits per heavy atom. The number of anilines is 2. The van der Waals surface area contributed by atoms with Gasteiger partial charge in [0.05, 0.1) is 6.20 Å². The Balaban J connectivity index is 1.22. The van der Waals surface area contributed by atoms with Gasteiger partial charge < -0.3 is 23.9 Å². The predicted molar refractivity (Wildman–Crippen MR) is 117 cm³/mol. The molecule has 0 amide bonds. The van der Waals surface area contributed by atoms with Crippen LogP contribution >= 0.6 is 0 Å². The van der Waals surface area contributed by atoms with Gasteiger partial charge in [0.2, 0.25) is 0 Å². The lowest BCUT2D eigenvalue weighted by Gasteiger charge is -2.44. The fourth-order valence-corrected chi connectivity index (χ4v) is 4.89. The fourth-order valence-electron chi connectivity index (χ4n) is 4.89. The molecule has 0 aromatic carbocycles. The molecule has 0 atom stereocenters. The molecule has 0 N–H and O–H groups in total. The van der Waals surface area contributed by atoms with Gasteiger partial charge in [-0.05, 0) is 37.3 Å². The first-order valence-corrected chi connectivity index (χ1v) is 11.5. The Kier molecular flexibility index (Phi) is 5.32. The molecule has 8 nitrogen and oxygen atoms in total. The number of aryl methyl sites for hydroxylation is 1. The first-order valence-electron chi connectivity index (χ1n) is 11.5. The van der Waals surface area contributed by atoms with Gasteiger partial charge >= 0.3 is 6.01 Å². The van der Waals surface area contributed by atoms with E-state index in [2.05, 4.69) is 39.9 Å². The molecular weight excluding hydrogens is 394 g/mol. The monoisotopic (exact) mass is 425 g/mol. The number of nitrogens with zero attached hydrogens (tertiary/aromatic N) is 5. The molecule has 8 heteroatoms. The van der Waals surface area contributed by atoms with E-state index in [-0.39, 0.29) is 17.4 Å². The molecule has 2 aromatic heterocycles. The average Bonchev–Trinajstić information content (AvgIpc) is 3.30. The summed E-state index contributed by atoms with van der Waals surface area (Å²) in [5.41, 5.74) is 1.12. The molecule has 3 aliphatic heterocycles. The predicted octanol–water partition coefficient (Wildman–Crippen LogP) is 3.37. The minimum atomic E-state index is -0.129. The van der Waals surface area contributed by atoms with Crippen LogP contribution in [-0.4, -0.2) is 53.2 Å². The maximum absolute atomic E-state index is 11.0. The van der Waals surface area contributed by atoms with Gasteiger partial charge in [-0.1, -0.05) is 19.0 Å². The Labute approximate surface area is 183 Å². The van der Waals surface area contributed by atoms with Crippen molar-refractivity contribution >= 4 is 18.1 Å². The van der Waals surface area contributed by atoms with Crippen molar-refractivity contribution in [1.82, 2.24) is 15.1 Å². The summed E-state index contributed by atoms with van der Waals surface area (Å²) in [6.07, 6.45) is 8.72. The van der Waals surface area contributed by atoms with Crippen molar-refractivity contribution in [2.45, 2.75) is 63.9 Å². The topological polar surface area (TPSA) is 84.6 Å². The van der Waals surface area contributed by atoms with Gasteiger partial charge in [-0.15, -0.1) is 0 Å². The van der Waals surface area contributed by atoms with Gasteiger partial charge in [0, 0.05) is 50.9 Å². The van der Waals surface area contributed by atoms with Crippen LogP contribution in [0, 0.1) is 5.92 Å². The molecule has 2 fully saturated rings. The number of fused-ring (bicyclic) bond motifs is 1. The van der Waals surface area contributed by atoms with Gasteiger partial charge in [-0.2, -0.15) is 4.98 Å². The summed E-state index contributed by atoms with van der Waals surface area (Å²) in [6, 6.07) is 2.81. The number of hydrogen-bond donors (Lipinski definition) is 0. The Morgan fingerprint density at radius 3 is 2.58 bits per heavy atom. The smallest absolute Gasteiger partial charge is 0.324 e. The van der Waals surface area contributed by atoms with Crippen LogP contribution in [0.2, 0.25) is 0 Å². The number of pyridine rings is 1. The fraction of sp³-hybridized carbons (Fsp3) is 0.652. The number of carbonyl (C=O) groups is 1. The van der Waals surface area contributed by atoms with Crippen LogP contribution in [0.15, 0.2) is 16.8 Å². The maximum atomic E-state index is 11.0. The van der Waals surface area contributed by atoms with Gasteiger partial charge in [-0.25, -0.2) is 4.98 Å². The molecule has 0 aliphatic carbocycles. The van der Waals surface area contributed by atoms with E-state index in [4.69, 9.17) is 14.2 Å².